The van der Waals surface area contributed by atoms with E-state index in [4.69, 9.17) is 9.47 Å². The summed E-state index contributed by atoms with van der Waals surface area (Å²) in [4.78, 5) is 18.5. The zero-order valence-corrected chi connectivity index (χ0v) is 14.5. The van der Waals surface area contributed by atoms with Crippen LogP contribution < -0.4 is 9.64 Å². The molecular formula is C19H22N2O3. The number of nitrogens with zero attached hydrogens (tertiary/aromatic N) is 2. The van der Waals surface area contributed by atoms with Gasteiger partial charge in [0.2, 0.25) is 5.88 Å². The number of carbonyl (C=O) groups is 1. The van der Waals surface area contributed by atoms with Gasteiger partial charge in [0.05, 0.1) is 12.2 Å². The fraction of sp³-hybridized carbons (Fsp3) is 0.368. The molecule has 0 bridgehead atoms. The molecule has 0 N–H and O–H groups in total. The first-order valence-corrected chi connectivity index (χ1v) is 8.05. The molecule has 0 fully saturated rings. The lowest BCUT2D eigenvalue weighted by atomic mass is 10.1. The highest BCUT2D eigenvalue weighted by atomic mass is 16.6. The maximum absolute atomic E-state index is 12.4. The average molecular weight is 326 g/mol. The lowest BCUT2D eigenvalue weighted by molar-refractivity contribution is 0.0567. The van der Waals surface area contributed by atoms with Gasteiger partial charge in [-0.3, -0.25) is 4.90 Å². The van der Waals surface area contributed by atoms with Gasteiger partial charge in [-0.2, -0.15) is 0 Å². The summed E-state index contributed by atoms with van der Waals surface area (Å²) in [5, 5.41) is 0. The lowest BCUT2D eigenvalue weighted by Crippen LogP contribution is -2.41. The van der Waals surface area contributed by atoms with Crippen molar-refractivity contribution >= 4 is 11.8 Å². The normalized spacial score (nSPS) is 13.9. The molecule has 3 rings (SSSR count). The molecule has 2 heterocycles. The van der Waals surface area contributed by atoms with Crippen LogP contribution in [0.1, 0.15) is 26.3 Å². The summed E-state index contributed by atoms with van der Waals surface area (Å²) in [6, 6.07) is 11.9. The number of ether oxygens (including phenoxy) is 2. The van der Waals surface area contributed by atoms with E-state index in [9.17, 15) is 4.79 Å². The molecule has 0 aliphatic carbocycles. The third-order valence-electron chi connectivity index (χ3n) is 3.65. The first kappa shape index (κ1) is 16.3. The van der Waals surface area contributed by atoms with Gasteiger partial charge in [-0.05, 0) is 39.8 Å². The summed E-state index contributed by atoms with van der Waals surface area (Å²) >= 11 is 0. The van der Waals surface area contributed by atoms with Crippen LogP contribution in [0, 0.1) is 6.92 Å². The lowest BCUT2D eigenvalue weighted by Gasteiger charge is -2.31. The zero-order chi connectivity index (χ0) is 17.3. The molecule has 0 unspecified atom stereocenters. The first-order valence-electron chi connectivity index (χ1n) is 8.05. The Morgan fingerprint density at radius 1 is 1.17 bits per heavy atom. The molecule has 1 aromatic carbocycles. The maximum Gasteiger partial charge on any atom is 0.415 e. The number of hydrogen-bond donors (Lipinski definition) is 0. The van der Waals surface area contributed by atoms with E-state index in [2.05, 4.69) is 4.98 Å². The molecule has 1 aliphatic heterocycles. The van der Waals surface area contributed by atoms with Crippen LogP contribution in [0.4, 0.5) is 10.5 Å². The number of aromatic nitrogens is 1. The van der Waals surface area contributed by atoms with Crippen molar-refractivity contribution in [2.75, 3.05) is 18.1 Å². The fourth-order valence-corrected chi connectivity index (χ4v) is 2.49. The van der Waals surface area contributed by atoms with Gasteiger partial charge >= 0.3 is 6.09 Å². The Balaban J connectivity index is 1.90. The number of amides is 1. The standard InChI is InChI=1S/C19H22N2O3/c1-13-5-7-14(8-6-13)15-9-10-16-17(20-15)23-12-11-21(16)18(22)24-19(2,3)4/h5-10H,11-12H2,1-4H3. The summed E-state index contributed by atoms with van der Waals surface area (Å²) in [6.07, 6.45) is -0.378. The third-order valence-corrected chi connectivity index (χ3v) is 3.65. The van der Waals surface area contributed by atoms with E-state index >= 15 is 0 Å². The molecule has 1 aromatic heterocycles. The number of hydrogen-bond acceptors (Lipinski definition) is 4. The van der Waals surface area contributed by atoms with Gasteiger partial charge in [0.15, 0.2) is 0 Å². The van der Waals surface area contributed by atoms with Gasteiger partial charge in [0.1, 0.15) is 17.9 Å². The largest absolute Gasteiger partial charge is 0.474 e. The first-order chi connectivity index (χ1) is 11.3. The number of rotatable bonds is 1. The van der Waals surface area contributed by atoms with E-state index in [0.29, 0.717) is 24.7 Å². The molecule has 0 saturated heterocycles. The van der Waals surface area contributed by atoms with Crippen molar-refractivity contribution in [2.24, 2.45) is 0 Å². The molecule has 0 radical (unpaired) electrons. The van der Waals surface area contributed by atoms with Gasteiger partial charge in [-0.1, -0.05) is 29.8 Å². The number of anilines is 1. The number of pyridine rings is 1. The number of carbonyl (C=O) groups excluding carboxylic acids is 1. The van der Waals surface area contributed by atoms with Crippen LogP contribution in [0.5, 0.6) is 5.88 Å². The molecule has 126 valence electrons. The highest BCUT2D eigenvalue weighted by molar-refractivity contribution is 5.90. The van der Waals surface area contributed by atoms with E-state index in [1.807, 2.05) is 64.1 Å². The highest BCUT2D eigenvalue weighted by Gasteiger charge is 2.29. The molecule has 1 amide bonds. The van der Waals surface area contributed by atoms with Crippen molar-refractivity contribution in [1.82, 2.24) is 4.98 Å². The second kappa shape index (κ2) is 6.15. The Kier molecular flexibility index (Phi) is 4.18. The molecule has 0 saturated carbocycles. The Bertz CT molecular complexity index is 748. The van der Waals surface area contributed by atoms with E-state index in [1.165, 1.54) is 5.56 Å². The number of benzene rings is 1. The Morgan fingerprint density at radius 3 is 2.54 bits per heavy atom. The van der Waals surface area contributed by atoms with Crippen molar-refractivity contribution < 1.29 is 14.3 Å². The number of aryl methyl sites for hydroxylation is 1. The molecule has 1 aliphatic rings. The van der Waals surface area contributed by atoms with E-state index in [1.54, 1.807) is 4.90 Å². The molecular weight excluding hydrogens is 304 g/mol. The SMILES string of the molecule is Cc1ccc(-c2ccc3c(n2)OCCN3C(=O)OC(C)(C)C)cc1. The van der Waals surface area contributed by atoms with Crippen LogP contribution in [-0.4, -0.2) is 29.8 Å². The van der Waals surface area contributed by atoms with Crippen LogP contribution in [0.2, 0.25) is 0 Å². The van der Waals surface area contributed by atoms with Gasteiger partial charge in [-0.25, -0.2) is 9.78 Å². The van der Waals surface area contributed by atoms with Gasteiger partial charge < -0.3 is 9.47 Å². The average Bonchev–Trinajstić information content (AvgIpc) is 2.53. The van der Waals surface area contributed by atoms with Crippen LogP contribution >= 0.6 is 0 Å². The van der Waals surface area contributed by atoms with Gasteiger partial charge in [0.25, 0.3) is 0 Å². The van der Waals surface area contributed by atoms with Crippen molar-refractivity contribution in [3.8, 4) is 17.1 Å². The third kappa shape index (κ3) is 3.50. The smallest absolute Gasteiger partial charge is 0.415 e. The second-order valence-electron chi connectivity index (χ2n) is 6.87. The van der Waals surface area contributed by atoms with Gasteiger partial charge in [0, 0.05) is 5.56 Å². The molecule has 5 heteroatoms. The minimum atomic E-state index is -0.537. The van der Waals surface area contributed by atoms with Crippen molar-refractivity contribution in [3.63, 3.8) is 0 Å². The summed E-state index contributed by atoms with van der Waals surface area (Å²) in [6.45, 7) is 8.46. The molecule has 2 aromatic rings. The molecule has 0 spiro atoms. The predicted molar refractivity (Wildman–Crippen MR) is 93.5 cm³/mol. The molecule has 0 atom stereocenters. The monoisotopic (exact) mass is 326 g/mol. The van der Waals surface area contributed by atoms with Crippen LogP contribution in [0.15, 0.2) is 36.4 Å². The van der Waals surface area contributed by atoms with Crippen LogP contribution in [0.3, 0.4) is 0 Å². The molecule has 24 heavy (non-hydrogen) atoms. The zero-order valence-electron chi connectivity index (χ0n) is 14.5. The summed E-state index contributed by atoms with van der Waals surface area (Å²) in [7, 11) is 0. The molecule has 5 nitrogen and oxygen atoms in total. The second-order valence-corrected chi connectivity index (χ2v) is 6.87. The van der Waals surface area contributed by atoms with Crippen molar-refractivity contribution in [2.45, 2.75) is 33.3 Å². The highest BCUT2D eigenvalue weighted by Crippen LogP contribution is 2.33. The summed E-state index contributed by atoms with van der Waals surface area (Å²) in [5.41, 5.74) is 3.14. The van der Waals surface area contributed by atoms with Crippen LogP contribution in [0.25, 0.3) is 11.3 Å². The predicted octanol–water partition coefficient (Wildman–Crippen LogP) is 4.19. The fourth-order valence-electron chi connectivity index (χ4n) is 2.49. The maximum atomic E-state index is 12.4. The quantitative estimate of drug-likeness (QED) is 0.788. The minimum absolute atomic E-state index is 0.378. The summed E-state index contributed by atoms with van der Waals surface area (Å²) < 4.78 is 11.1. The minimum Gasteiger partial charge on any atom is -0.474 e. The van der Waals surface area contributed by atoms with Gasteiger partial charge in [-0.15, -0.1) is 0 Å². The Hall–Kier alpha value is -2.56. The van der Waals surface area contributed by atoms with Crippen LogP contribution in [-0.2, 0) is 4.74 Å². The summed E-state index contributed by atoms with van der Waals surface area (Å²) in [5.74, 6) is 0.463. The topological polar surface area (TPSA) is 51.7 Å². The van der Waals surface area contributed by atoms with Crippen molar-refractivity contribution in [3.05, 3.63) is 42.0 Å². The number of fused-ring (bicyclic) bond motifs is 1. The Morgan fingerprint density at radius 2 is 1.88 bits per heavy atom. The van der Waals surface area contributed by atoms with E-state index in [0.717, 1.165) is 11.3 Å². The van der Waals surface area contributed by atoms with Crippen molar-refractivity contribution in [1.29, 1.82) is 0 Å². The van der Waals surface area contributed by atoms with E-state index in [-0.39, 0.29) is 6.09 Å². The Labute approximate surface area is 142 Å². The van der Waals surface area contributed by atoms with E-state index < -0.39 is 5.60 Å².